The Balaban J connectivity index is 1.90. The molecule has 2 aromatic carbocycles. The van der Waals surface area contributed by atoms with Gasteiger partial charge < -0.3 is 9.30 Å². The second-order valence-electron chi connectivity index (χ2n) is 5.78. The highest BCUT2D eigenvalue weighted by Crippen LogP contribution is 2.31. The van der Waals surface area contributed by atoms with Gasteiger partial charge in [-0.1, -0.05) is 12.1 Å². The van der Waals surface area contributed by atoms with E-state index in [4.69, 9.17) is 4.74 Å². The number of rotatable bonds is 3. The number of imidazole rings is 1. The van der Waals surface area contributed by atoms with Crippen LogP contribution in [0.4, 0.5) is 13.2 Å². The maximum atomic E-state index is 12.8. The fourth-order valence-electron chi connectivity index (χ4n) is 2.58. The van der Waals surface area contributed by atoms with Crippen molar-refractivity contribution in [2.24, 2.45) is 7.05 Å². The van der Waals surface area contributed by atoms with Gasteiger partial charge in [0.05, 0.1) is 16.6 Å². The van der Waals surface area contributed by atoms with Gasteiger partial charge in [-0.25, -0.2) is 4.98 Å². The lowest BCUT2D eigenvalue weighted by Gasteiger charge is -2.10. The monoisotopic (exact) mass is 334 g/mol. The molecule has 0 aliphatic rings. The van der Waals surface area contributed by atoms with Gasteiger partial charge in [0.2, 0.25) is 0 Å². The first kappa shape index (κ1) is 16.4. The van der Waals surface area contributed by atoms with E-state index in [2.05, 4.69) is 4.98 Å². The molecule has 0 bridgehead atoms. The van der Waals surface area contributed by atoms with Gasteiger partial charge in [-0.2, -0.15) is 13.2 Å². The van der Waals surface area contributed by atoms with Gasteiger partial charge in [-0.05, 0) is 49.2 Å². The van der Waals surface area contributed by atoms with Crippen LogP contribution >= 0.6 is 0 Å². The molecule has 0 radical (unpaired) electrons. The number of aryl methyl sites for hydroxylation is 2. The predicted octanol–water partition coefficient (Wildman–Crippen LogP) is 4.79. The summed E-state index contributed by atoms with van der Waals surface area (Å²) in [6.07, 6.45) is -4.37. The standard InChI is InChI=1S/C18H17F3N2O/c1-11-5-4-6-16(12(11)2)24-10-17-22-14-9-13(18(19,20)21)7-8-15(14)23(17)3/h4-9H,10H2,1-3H3. The first-order valence-electron chi connectivity index (χ1n) is 7.49. The van der Waals surface area contributed by atoms with E-state index in [0.717, 1.165) is 29.0 Å². The van der Waals surface area contributed by atoms with Crippen molar-refractivity contribution in [1.82, 2.24) is 9.55 Å². The number of hydrogen-bond acceptors (Lipinski definition) is 2. The summed E-state index contributed by atoms with van der Waals surface area (Å²) in [5.74, 6) is 1.32. The quantitative estimate of drug-likeness (QED) is 0.689. The third kappa shape index (κ3) is 2.96. The summed E-state index contributed by atoms with van der Waals surface area (Å²) in [6.45, 7) is 4.15. The summed E-state index contributed by atoms with van der Waals surface area (Å²) < 4.78 is 46.0. The number of benzene rings is 2. The average molecular weight is 334 g/mol. The molecule has 0 unspecified atom stereocenters. The van der Waals surface area contributed by atoms with E-state index in [9.17, 15) is 13.2 Å². The molecule has 0 aliphatic heterocycles. The molecule has 0 aliphatic carbocycles. The van der Waals surface area contributed by atoms with Crippen molar-refractivity contribution in [3.63, 3.8) is 0 Å². The van der Waals surface area contributed by atoms with Crippen molar-refractivity contribution in [2.75, 3.05) is 0 Å². The van der Waals surface area contributed by atoms with Crippen LogP contribution in [0.5, 0.6) is 5.75 Å². The number of alkyl halides is 3. The molecule has 0 N–H and O–H groups in total. The third-order valence-corrected chi connectivity index (χ3v) is 4.21. The van der Waals surface area contributed by atoms with Gasteiger partial charge in [0.15, 0.2) is 0 Å². The summed E-state index contributed by atoms with van der Waals surface area (Å²) in [6, 6.07) is 9.34. The van der Waals surface area contributed by atoms with Crippen LogP contribution in [0.25, 0.3) is 11.0 Å². The fraction of sp³-hybridized carbons (Fsp3) is 0.278. The van der Waals surface area contributed by atoms with Crippen LogP contribution in [0.1, 0.15) is 22.5 Å². The van der Waals surface area contributed by atoms with Crippen molar-refractivity contribution < 1.29 is 17.9 Å². The fourth-order valence-corrected chi connectivity index (χ4v) is 2.58. The van der Waals surface area contributed by atoms with Gasteiger partial charge in [0.25, 0.3) is 0 Å². The molecular weight excluding hydrogens is 317 g/mol. The molecule has 0 spiro atoms. The molecule has 0 saturated heterocycles. The molecule has 0 saturated carbocycles. The van der Waals surface area contributed by atoms with Crippen molar-refractivity contribution in [1.29, 1.82) is 0 Å². The zero-order valence-electron chi connectivity index (χ0n) is 13.6. The Morgan fingerprint density at radius 3 is 2.58 bits per heavy atom. The first-order valence-corrected chi connectivity index (χ1v) is 7.49. The Kier molecular flexibility index (Phi) is 3.99. The smallest absolute Gasteiger partial charge is 0.416 e. The Morgan fingerprint density at radius 1 is 1.12 bits per heavy atom. The lowest BCUT2D eigenvalue weighted by atomic mass is 10.1. The maximum Gasteiger partial charge on any atom is 0.416 e. The van der Waals surface area contributed by atoms with Crippen LogP contribution < -0.4 is 4.74 Å². The zero-order chi connectivity index (χ0) is 17.5. The molecule has 126 valence electrons. The summed E-state index contributed by atoms with van der Waals surface area (Å²) in [5, 5.41) is 0. The van der Waals surface area contributed by atoms with Gasteiger partial charge in [-0.3, -0.25) is 0 Å². The highest BCUT2D eigenvalue weighted by atomic mass is 19.4. The Morgan fingerprint density at radius 2 is 1.88 bits per heavy atom. The van der Waals surface area contributed by atoms with E-state index in [0.29, 0.717) is 16.9 Å². The van der Waals surface area contributed by atoms with Crippen molar-refractivity contribution in [3.8, 4) is 5.75 Å². The number of nitrogens with zero attached hydrogens (tertiary/aromatic N) is 2. The zero-order valence-corrected chi connectivity index (χ0v) is 13.6. The highest BCUT2D eigenvalue weighted by Gasteiger charge is 2.31. The molecular formula is C18H17F3N2O. The Hall–Kier alpha value is -2.50. The largest absolute Gasteiger partial charge is 0.485 e. The van der Waals surface area contributed by atoms with E-state index >= 15 is 0 Å². The van der Waals surface area contributed by atoms with Crippen LogP contribution in [0, 0.1) is 13.8 Å². The number of ether oxygens (including phenoxy) is 1. The number of hydrogen-bond donors (Lipinski definition) is 0. The maximum absolute atomic E-state index is 12.8. The molecule has 6 heteroatoms. The molecule has 3 nitrogen and oxygen atoms in total. The van der Waals surface area contributed by atoms with Crippen LogP contribution in [-0.2, 0) is 19.8 Å². The van der Waals surface area contributed by atoms with E-state index in [-0.39, 0.29) is 6.61 Å². The van der Waals surface area contributed by atoms with Crippen LogP contribution in [0.3, 0.4) is 0 Å². The summed E-state index contributed by atoms with van der Waals surface area (Å²) >= 11 is 0. The second kappa shape index (κ2) is 5.85. The molecule has 3 rings (SSSR count). The van der Waals surface area contributed by atoms with Gasteiger partial charge >= 0.3 is 6.18 Å². The molecule has 0 amide bonds. The average Bonchev–Trinajstić information content (AvgIpc) is 2.84. The first-order chi connectivity index (χ1) is 11.3. The number of halogens is 3. The lowest BCUT2D eigenvalue weighted by molar-refractivity contribution is -0.137. The third-order valence-electron chi connectivity index (χ3n) is 4.21. The van der Waals surface area contributed by atoms with E-state index < -0.39 is 11.7 Å². The van der Waals surface area contributed by atoms with E-state index in [1.54, 1.807) is 11.6 Å². The molecule has 1 heterocycles. The van der Waals surface area contributed by atoms with Gasteiger partial charge in [0, 0.05) is 7.05 Å². The minimum Gasteiger partial charge on any atom is -0.485 e. The van der Waals surface area contributed by atoms with Crippen molar-refractivity contribution in [3.05, 3.63) is 58.9 Å². The lowest BCUT2D eigenvalue weighted by Crippen LogP contribution is -2.04. The molecule has 0 fully saturated rings. The molecule has 3 aromatic rings. The van der Waals surface area contributed by atoms with E-state index in [1.807, 2.05) is 32.0 Å². The van der Waals surface area contributed by atoms with Crippen LogP contribution in [0.15, 0.2) is 36.4 Å². The van der Waals surface area contributed by atoms with Crippen molar-refractivity contribution >= 4 is 11.0 Å². The molecule has 1 aromatic heterocycles. The predicted molar refractivity (Wildman–Crippen MR) is 86.0 cm³/mol. The minimum absolute atomic E-state index is 0.191. The summed E-state index contributed by atoms with van der Waals surface area (Å²) in [4.78, 5) is 4.29. The Labute approximate surface area is 137 Å². The van der Waals surface area contributed by atoms with E-state index in [1.165, 1.54) is 6.07 Å². The second-order valence-corrected chi connectivity index (χ2v) is 5.78. The topological polar surface area (TPSA) is 27.1 Å². The minimum atomic E-state index is -4.37. The summed E-state index contributed by atoms with van der Waals surface area (Å²) in [7, 11) is 1.77. The molecule has 24 heavy (non-hydrogen) atoms. The van der Waals surface area contributed by atoms with Crippen LogP contribution in [0.2, 0.25) is 0 Å². The highest BCUT2D eigenvalue weighted by molar-refractivity contribution is 5.77. The Bertz CT molecular complexity index is 897. The normalized spacial score (nSPS) is 11.9. The van der Waals surface area contributed by atoms with Crippen LogP contribution in [-0.4, -0.2) is 9.55 Å². The van der Waals surface area contributed by atoms with Gasteiger partial charge in [-0.15, -0.1) is 0 Å². The SMILES string of the molecule is Cc1cccc(OCc2nc3cc(C(F)(F)F)ccc3n2C)c1C. The summed E-state index contributed by atoms with van der Waals surface area (Å²) in [5.41, 5.74) is 2.41. The van der Waals surface area contributed by atoms with Crippen molar-refractivity contribution in [2.45, 2.75) is 26.6 Å². The van der Waals surface area contributed by atoms with Gasteiger partial charge in [0.1, 0.15) is 18.2 Å². The number of fused-ring (bicyclic) bond motifs is 1. The molecule has 0 atom stereocenters. The number of aromatic nitrogens is 2.